The average Bonchev–Trinajstić information content (AvgIpc) is 3.98. The van der Waals surface area contributed by atoms with Gasteiger partial charge >= 0.3 is 0 Å². The van der Waals surface area contributed by atoms with E-state index in [1.807, 2.05) is 47.3 Å². The van der Waals surface area contributed by atoms with Crippen LogP contribution in [0.25, 0.3) is 22.5 Å². The van der Waals surface area contributed by atoms with E-state index in [1.165, 1.54) is 11.3 Å². The number of amides is 1. The van der Waals surface area contributed by atoms with Crippen molar-refractivity contribution >= 4 is 17.2 Å². The van der Waals surface area contributed by atoms with Crippen molar-refractivity contribution in [3.8, 4) is 22.5 Å². The maximum absolute atomic E-state index is 14.3. The second kappa shape index (κ2) is 17.4. The molecule has 0 aliphatic rings. The number of hydrogen-bond acceptors (Lipinski definition) is 7. The summed E-state index contributed by atoms with van der Waals surface area (Å²) in [6.45, 7) is 4.30. The van der Waals surface area contributed by atoms with Gasteiger partial charge in [0.15, 0.2) is 5.82 Å². The first-order valence-corrected chi connectivity index (χ1v) is 20.8. The third-order valence-corrected chi connectivity index (χ3v) is 11.9. The number of aromatic nitrogens is 6. The predicted octanol–water partition coefficient (Wildman–Crippen LogP) is 9.12. The Bertz CT molecular complexity index is 2650. The van der Waals surface area contributed by atoms with Crippen LogP contribution in [0.2, 0.25) is 0 Å². The fourth-order valence-corrected chi connectivity index (χ4v) is 8.90. The van der Waals surface area contributed by atoms with Gasteiger partial charge in [-0.2, -0.15) is 0 Å². The normalized spacial score (nSPS) is 11.4. The minimum atomic E-state index is -0.891. The summed E-state index contributed by atoms with van der Waals surface area (Å²) in [5, 5.41) is 18.4. The van der Waals surface area contributed by atoms with Crippen molar-refractivity contribution in [2.75, 3.05) is 7.05 Å². The second-order valence-electron chi connectivity index (χ2n) is 14.6. The lowest BCUT2D eigenvalue weighted by atomic mass is 9.77. The van der Waals surface area contributed by atoms with Crippen LogP contribution in [0.5, 0.6) is 0 Å². The standard InChI is InChI=1S/C49H45N7O2S/c1-4-5-25-44-43(48(58)55(34(2)51-44)33-45-42(30-31-59-45)47(57)50-3)32-35-26-28-36(29-27-35)40-23-15-16-24-41(40)46-52-53-54-56(46)49(37-17-9-6-10-18-37,38-19-11-7-12-20-38)39-21-13-8-14-22-39/h6-24,26-31H,4-5,25,32-33H2,1-3H3,(H,50,57). The molecule has 0 radical (unpaired) electrons. The highest BCUT2D eigenvalue weighted by molar-refractivity contribution is 7.10. The molecule has 9 nitrogen and oxygen atoms in total. The Kier molecular flexibility index (Phi) is 11.5. The zero-order valence-electron chi connectivity index (χ0n) is 33.4. The molecule has 0 aliphatic carbocycles. The van der Waals surface area contributed by atoms with E-state index in [9.17, 15) is 9.59 Å². The molecule has 0 unspecified atom stereocenters. The molecular weight excluding hydrogens is 751 g/mol. The van der Waals surface area contributed by atoms with Gasteiger partial charge in [-0.15, -0.1) is 16.4 Å². The van der Waals surface area contributed by atoms with E-state index in [4.69, 9.17) is 15.3 Å². The number of rotatable bonds is 14. The summed E-state index contributed by atoms with van der Waals surface area (Å²) in [7, 11) is 1.62. The molecule has 0 aliphatic heterocycles. The Balaban J connectivity index is 1.19. The number of nitrogens with zero attached hydrogens (tertiary/aromatic N) is 6. The number of thiophene rings is 1. The zero-order valence-corrected chi connectivity index (χ0v) is 34.2. The molecule has 1 N–H and O–H groups in total. The number of carbonyl (C=O) groups is 1. The van der Waals surface area contributed by atoms with Crippen LogP contribution in [0.4, 0.5) is 0 Å². The maximum atomic E-state index is 14.3. The van der Waals surface area contributed by atoms with Gasteiger partial charge in [-0.05, 0) is 75.0 Å². The first kappa shape index (κ1) is 39.1. The zero-order chi connectivity index (χ0) is 40.8. The number of hydrogen-bond donors (Lipinski definition) is 1. The Morgan fingerprint density at radius 2 is 1.36 bits per heavy atom. The second-order valence-corrected chi connectivity index (χ2v) is 15.6. The smallest absolute Gasteiger partial charge is 0.257 e. The van der Waals surface area contributed by atoms with Crippen LogP contribution in [0.3, 0.4) is 0 Å². The van der Waals surface area contributed by atoms with Crippen molar-refractivity contribution in [1.29, 1.82) is 0 Å². The Hall–Kier alpha value is -6.78. The molecule has 8 rings (SSSR count). The molecule has 294 valence electrons. The van der Waals surface area contributed by atoms with Gasteiger partial charge in [0.25, 0.3) is 11.5 Å². The molecule has 5 aromatic carbocycles. The Morgan fingerprint density at radius 3 is 1.95 bits per heavy atom. The van der Waals surface area contributed by atoms with Gasteiger partial charge in [-0.1, -0.05) is 153 Å². The lowest BCUT2D eigenvalue weighted by Gasteiger charge is -2.36. The summed E-state index contributed by atoms with van der Waals surface area (Å²) in [5.41, 5.74) is 8.08. The summed E-state index contributed by atoms with van der Waals surface area (Å²) in [5.74, 6) is 1.10. The summed E-state index contributed by atoms with van der Waals surface area (Å²) in [6.07, 6.45) is 3.09. The summed E-state index contributed by atoms with van der Waals surface area (Å²) in [6, 6.07) is 49.6. The molecule has 3 aromatic heterocycles. The molecule has 0 atom stereocenters. The fraction of sp³-hybridized carbons (Fsp3) is 0.184. The van der Waals surface area contributed by atoms with E-state index in [0.29, 0.717) is 29.2 Å². The van der Waals surface area contributed by atoms with Crippen molar-refractivity contribution < 1.29 is 4.79 Å². The summed E-state index contributed by atoms with van der Waals surface area (Å²) < 4.78 is 3.67. The van der Waals surface area contributed by atoms with Crippen LogP contribution < -0.4 is 10.9 Å². The number of tetrazole rings is 1. The number of carbonyl (C=O) groups excluding carboxylic acids is 1. The molecule has 0 fully saturated rings. The fourth-order valence-electron chi connectivity index (χ4n) is 8.04. The summed E-state index contributed by atoms with van der Waals surface area (Å²) >= 11 is 1.47. The third kappa shape index (κ3) is 7.55. The number of aryl methyl sites for hydroxylation is 2. The van der Waals surface area contributed by atoms with Crippen molar-refractivity contribution in [1.82, 2.24) is 35.1 Å². The van der Waals surface area contributed by atoms with E-state index in [1.54, 1.807) is 17.7 Å². The number of benzene rings is 5. The van der Waals surface area contributed by atoms with E-state index in [0.717, 1.165) is 68.8 Å². The molecular formula is C49H45N7O2S. The highest BCUT2D eigenvalue weighted by Gasteiger charge is 2.42. The monoisotopic (exact) mass is 795 g/mol. The third-order valence-electron chi connectivity index (χ3n) is 11.0. The largest absolute Gasteiger partial charge is 0.355 e. The average molecular weight is 796 g/mol. The maximum Gasteiger partial charge on any atom is 0.257 e. The molecule has 0 saturated heterocycles. The van der Waals surface area contributed by atoms with Crippen molar-refractivity contribution in [3.05, 3.63) is 211 Å². The van der Waals surface area contributed by atoms with Crippen LogP contribution >= 0.6 is 11.3 Å². The van der Waals surface area contributed by atoms with E-state index < -0.39 is 5.54 Å². The molecule has 59 heavy (non-hydrogen) atoms. The summed E-state index contributed by atoms with van der Waals surface area (Å²) in [4.78, 5) is 32.7. The molecule has 1 amide bonds. The first-order chi connectivity index (χ1) is 28.9. The van der Waals surface area contributed by atoms with Gasteiger partial charge in [0.2, 0.25) is 0 Å². The van der Waals surface area contributed by atoms with Gasteiger partial charge in [0, 0.05) is 29.5 Å². The van der Waals surface area contributed by atoms with E-state index in [-0.39, 0.29) is 18.0 Å². The van der Waals surface area contributed by atoms with Crippen molar-refractivity contribution in [2.45, 2.75) is 51.6 Å². The van der Waals surface area contributed by atoms with Crippen molar-refractivity contribution in [2.24, 2.45) is 0 Å². The molecule has 0 saturated carbocycles. The predicted molar refractivity (Wildman–Crippen MR) is 235 cm³/mol. The lowest BCUT2D eigenvalue weighted by molar-refractivity contribution is 0.0962. The minimum absolute atomic E-state index is 0.0696. The van der Waals surface area contributed by atoms with E-state index >= 15 is 0 Å². The van der Waals surface area contributed by atoms with Gasteiger partial charge < -0.3 is 5.32 Å². The van der Waals surface area contributed by atoms with Gasteiger partial charge in [0.05, 0.1) is 17.8 Å². The highest BCUT2D eigenvalue weighted by Crippen LogP contribution is 2.43. The van der Waals surface area contributed by atoms with Crippen LogP contribution in [-0.2, 0) is 24.9 Å². The Morgan fingerprint density at radius 1 is 0.763 bits per heavy atom. The lowest BCUT2D eigenvalue weighted by Crippen LogP contribution is -2.39. The number of unbranched alkanes of at least 4 members (excludes halogenated alkanes) is 1. The molecule has 10 heteroatoms. The first-order valence-electron chi connectivity index (χ1n) is 20.0. The topological polar surface area (TPSA) is 108 Å². The SMILES string of the molecule is CCCCc1nc(C)n(Cc2sccc2C(=O)NC)c(=O)c1Cc1ccc(-c2ccccc2-c2nnnn2C(c2ccccc2)(c2ccccc2)c2ccccc2)cc1. The van der Waals surface area contributed by atoms with Crippen LogP contribution in [0.15, 0.2) is 156 Å². The van der Waals surface area contributed by atoms with Crippen LogP contribution in [0.1, 0.15) is 74.3 Å². The number of nitrogens with one attached hydrogen (secondary N) is 1. The van der Waals surface area contributed by atoms with Crippen LogP contribution in [0, 0.1) is 6.92 Å². The van der Waals surface area contributed by atoms with Crippen molar-refractivity contribution in [3.63, 3.8) is 0 Å². The van der Waals surface area contributed by atoms with Gasteiger partial charge in [-0.3, -0.25) is 14.2 Å². The van der Waals surface area contributed by atoms with Gasteiger partial charge in [0.1, 0.15) is 11.4 Å². The Labute approximate surface area is 348 Å². The van der Waals surface area contributed by atoms with E-state index in [2.05, 4.69) is 127 Å². The molecule has 3 heterocycles. The minimum Gasteiger partial charge on any atom is -0.355 e. The van der Waals surface area contributed by atoms with Gasteiger partial charge in [-0.25, -0.2) is 9.67 Å². The highest BCUT2D eigenvalue weighted by atomic mass is 32.1. The molecule has 0 spiro atoms. The molecule has 8 aromatic rings. The quantitative estimate of drug-likeness (QED) is 0.110. The molecule has 0 bridgehead atoms. The van der Waals surface area contributed by atoms with Crippen LogP contribution in [-0.4, -0.2) is 42.7 Å².